The Hall–Kier alpha value is -0.120. The van der Waals surface area contributed by atoms with Crippen molar-refractivity contribution in [3.8, 4) is 0 Å². The summed E-state index contributed by atoms with van der Waals surface area (Å²) in [7, 11) is 1.66. The molecule has 1 N–H and O–H groups in total. The lowest BCUT2D eigenvalue weighted by Crippen LogP contribution is -2.40. The molecule has 0 amide bonds. The molecule has 0 aromatic rings. The van der Waals surface area contributed by atoms with Crippen molar-refractivity contribution < 1.29 is 14.6 Å². The van der Waals surface area contributed by atoms with Crippen molar-refractivity contribution in [3.63, 3.8) is 0 Å². The fourth-order valence-electron chi connectivity index (χ4n) is 1.74. The quantitative estimate of drug-likeness (QED) is 0.720. The Morgan fingerprint density at radius 3 is 2.92 bits per heavy atom. The summed E-state index contributed by atoms with van der Waals surface area (Å²) in [5.74, 6) is 0.274. The van der Waals surface area contributed by atoms with Gasteiger partial charge in [-0.15, -0.1) is 0 Å². The van der Waals surface area contributed by atoms with E-state index in [1.165, 1.54) is 0 Å². The maximum atomic E-state index is 10.1. The van der Waals surface area contributed by atoms with E-state index >= 15 is 0 Å². The van der Waals surface area contributed by atoms with Crippen LogP contribution in [-0.2, 0) is 9.47 Å². The lowest BCUT2D eigenvalue weighted by atomic mass is 9.83. The van der Waals surface area contributed by atoms with E-state index < -0.39 is 5.60 Å². The van der Waals surface area contributed by atoms with Crippen molar-refractivity contribution >= 4 is 0 Å². The summed E-state index contributed by atoms with van der Waals surface area (Å²) in [4.78, 5) is 0. The molecule has 0 saturated carbocycles. The third kappa shape index (κ3) is 3.25. The van der Waals surface area contributed by atoms with Crippen LogP contribution in [0.3, 0.4) is 0 Å². The van der Waals surface area contributed by atoms with Crippen LogP contribution >= 0.6 is 0 Å². The Kier molecular flexibility index (Phi) is 4.16. The predicted molar refractivity (Wildman–Crippen MR) is 50.7 cm³/mol. The molecule has 0 aromatic heterocycles. The minimum Gasteiger partial charge on any atom is -0.390 e. The molecular weight excluding hydrogens is 168 g/mol. The molecule has 0 spiro atoms. The fourth-order valence-corrected chi connectivity index (χ4v) is 1.74. The van der Waals surface area contributed by atoms with Crippen LogP contribution in [0.25, 0.3) is 0 Å². The van der Waals surface area contributed by atoms with Crippen LogP contribution in [0.2, 0.25) is 0 Å². The van der Waals surface area contributed by atoms with Crippen molar-refractivity contribution in [1.82, 2.24) is 0 Å². The Bertz CT molecular complexity index is 139. The third-order valence-electron chi connectivity index (χ3n) is 2.85. The SMILES string of the molecule is COCCC(C)(O)C1CCCOC1. The van der Waals surface area contributed by atoms with Crippen LogP contribution in [-0.4, -0.2) is 37.6 Å². The van der Waals surface area contributed by atoms with Gasteiger partial charge in [-0.2, -0.15) is 0 Å². The molecule has 0 bridgehead atoms. The number of methoxy groups -OCH3 is 1. The van der Waals surface area contributed by atoms with Gasteiger partial charge in [0.2, 0.25) is 0 Å². The van der Waals surface area contributed by atoms with Crippen LogP contribution in [0.1, 0.15) is 26.2 Å². The van der Waals surface area contributed by atoms with Gasteiger partial charge in [-0.1, -0.05) is 0 Å². The second kappa shape index (κ2) is 4.94. The first kappa shape index (κ1) is 11.0. The Labute approximate surface area is 80.0 Å². The van der Waals surface area contributed by atoms with Crippen molar-refractivity contribution in [3.05, 3.63) is 0 Å². The third-order valence-corrected chi connectivity index (χ3v) is 2.85. The van der Waals surface area contributed by atoms with E-state index in [1.807, 2.05) is 6.92 Å². The normalized spacial score (nSPS) is 28.4. The van der Waals surface area contributed by atoms with Crippen molar-refractivity contribution in [1.29, 1.82) is 0 Å². The highest BCUT2D eigenvalue weighted by Crippen LogP contribution is 2.28. The summed E-state index contributed by atoms with van der Waals surface area (Å²) in [5.41, 5.74) is -0.629. The van der Waals surface area contributed by atoms with E-state index in [1.54, 1.807) is 7.11 Å². The molecule has 2 atom stereocenters. The van der Waals surface area contributed by atoms with E-state index in [9.17, 15) is 5.11 Å². The number of hydrogen-bond acceptors (Lipinski definition) is 3. The fraction of sp³-hybridized carbons (Fsp3) is 1.00. The van der Waals surface area contributed by atoms with Crippen molar-refractivity contribution in [2.75, 3.05) is 26.9 Å². The Morgan fingerprint density at radius 1 is 1.62 bits per heavy atom. The largest absolute Gasteiger partial charge is 0.390 e. The Morgan fingerprint density at radius 2 is 2.38 bits per heavy atom. The molecule has 0 aromatic carbocycles. The summed E-state index contributed by atoms with van der Waals surface area (Å²) < 4.78 is 10.3. The van der Waals surface area contributed by atoms with Gasteiger partial charge in [0.05, 0.1) is 12.2 Å². The van der Waals surface area contributed by atoms with Crippen molar-refractivity contribution in [2.45, 2.75) is 31.8 Å². The molecule has 1 aliphatic heterocycles. The zero-order valence-corrected chi connectivity index (χ0v) is 8.58. The molecule has 1 heterocycles. The van der Waals surface area contributed by atoms with Gasteiger partial charge in [0.15, 0.2) is 0 Å². The zero-order valence-electron chi connectivity index (χ0n) is 8.58. The maximum Gasteiger partial charge on any atom is 0.0691 e. The molecule has 3 nitrogen and oxygen atoms in total. The molecule has 13 heavy (non-hydrogen) atoms. The Balaban J connectivity index is 2.36. The number of rotatable bonds is 4. The van der Waals surface area contributed by atoms with Gasteiger partial charge in [0.25, 0.3) is 0 Å². The van der Waals surface area contributed by atoms with E-state index in [-0.39, 0.29) is 5.92 Å². The monoisotopic (exact) mass is 188 g/mol. The molecule has 78 valence electrons. The first-order valence-corrected chi connectivity index (χ1v) is 4.96. The summed E-state index contributed by atoms with van der Waals surface area (Å²) in [6, 6.07) is 0. The van der Waals surface area contributed by atoms with E-state index in [2.05, 4.69) is 0 Å². The van der Waals surface area contributed by atoms with Gasteiger partial charge < -0.3 is 14.6 Å². The van der Waals surface area contributed by atoms with Gasteiger partial charge >= 0.3 is 0 Å². The summed E-state index contributed by atoms with van der Waals surface area (Å²) in [6.07, 6.45) is 2.82. The second-order valence-corrected chi connectivity index (χ2v) is 4.01. The number of aliphatic hydroxyl groups is 1. The molecule has 0 radical (unpaired) electrons. The van der Waals surface area contributed by atoms with E-state index in [4.69, 9.17) is 9.47 Å². The van der Waals surface area contributed by atoms with E-state index in [0.717, 1.165) is 19.4 Å². The molecule has 0 aliphatic carbocycles. The first-order valence-electron chi connectivity index (χ1n) is 4.96. The van der Waals surface area contributed by atoms with E-state index in [0.29, 0.717) is 19.6 Å². The average molecular weight is 188 g/mol. The van der Waals surface area contributed by atoms with Crippen LogP contribution < -0.4 is 0 Å². The standard InChI is InChI=1S/C10H20O3/c1-10(11,5-7-12-2)9-4-3-6-13-8-9/h9,11H,3-8H2,1-2H3. The molecule has 1 saturated heterocycles. The molecule has 1 aliphatic rings. The first-order chi connectivity index (χ1) is 6.17. The highest BCUT2D eigenvalue weighted by atomic mass is 16.5. The van der Waals surface area contributed by atoms with Crippen LogP contribution in [0.15, 0.2) is 0 Å². The summed E-state index contributed by atoms with van der Waals surface area (Å²) in [6.45, 7) is 4.03. The minimum absolute atomic E-state index is 0.274. The van der Waals surface area contributed by atoms with Gasteiger partial charge in [0.1, 0.15) is 0 Å². The lowest BCUT2D eigenvalue weighted by molar-refractivity contribution is -0.0803. The summed E-state index contributed by atoms with van der Waals surface area (Å²) >= 11 is 0. The van der Waals surface area contributed by atoms with Crippen LogP contribution in [0.5, 0.6) is 0 Å². The van der Waals surface area contributed by atoms with Gasteiger partial charge in [-0.25, -0.2) is 0 Å². The number of ether oxygens (including phenoxy) is 2. The highest BCUT2D eigenvalue weighted by molar-refractivity contribution is 4.83. The summed E-state index contributed by atoms with van der Waals surface area (Å²) in [5, 5.41) is 10.1. The topological polar surface area (TPSA) is 38.7 Å². The smallest absolute Gasteiger partial charge is 0.0691 e. The average Bonchev–Trinajstić information content (AvgIpc) is 2.16. The lowest BCUT2D eigenvalue weighted by Gasteiger charge is -2.35. The zero-order chi connectivity index (χ0) is 9.73. The van der Waals surface area contributed by atoms with Crippen LogP contribution in [0.4, 0.5) is 0 Å². The van der Waals surface area contributed by atoms with Crippen LogP contribution in [0, 0.1) is 5.92 Å². The minimum atomic E-state index is -0.629. The molecule has 1 fully saturated rings. The van der Waals surface area contributed by atoms with Gasteiger partial charge in [0, 0.05) is 26.2 Å². The second-order valence-electron chi connectivity index (χ2n) is 4.01. The molecular formula is C10H20O3. The molecule has 2 unspecified atom stereocenters. The highest BCUT2D eigenvalue weighted by Gasteiger charge is 2.32. The van der Waals surface area contributed by atoms with Crippen molar-refractivity contribution in [2.24, 2.45) is 5.92 Å². The molecule has 1 rings (SSSR count). The van der Waals surface area contributed by atoms with Gasteiger partial charge in [-0.05, 0) is 26.2 Å². The predicted octanol–water partition coefficient (Wildman–Crippen LogP) is 1.20. The molecule has 3 heteroatoms. The van der Waals surface area contributed by atoms with Gasteiger partial charge in [-0.3, -0.25) is 0 Å². The number of hydrogen-bond donors (Lipinski definition) is 1. The maximum absolute atomic E-state index is 10.1.